The van der Waals surface area contributed by atoms with Crippen molar-refractivity contribution >= 4 is 16.9 Å². The van der Waals surface area contributed by atoms with Gasteiger partial charge in [0, 0.05) is 39.1 Å². The van der Waals surface area contributed by atoms with Crippen molar-refractivity contribution in [2.75, 3.05) is 37.6 Å². The van der Waals surface area contributed by atoms with Crippen LogP contribution in [0.15, 0.2) is 12.5 Å². The Kier molecular flexibility index (Phi) is 4.22. The summed E-state index contributed by atoms with van der Waals surface area (Å²) in [6.45, 7) is 11.3. The zero-order chi connectivity index (χ0) is 16.4. The van der Waals surface area contributed by atoms with Crippen LogP contribution < -0.4 is 4.90 Å². The van der Waals surface area contributed by atoms with E-state index in [1.165, 1.54) is 0 Å². The molecule has 1 aliphatic rings. The zero-order valence-electron chi connectivity index (χ0n) is 14.2. The van der Waals surface area contributed by atoms with Gasteiger partial charge in [0.15, 0.2) is 5.65 Å². The van der Waals surface area contributed by atoms with Gasteiger partial charge >= 0.3 is 0 Å². The Bertz CT molecular complexity index is 713. The van der Waals surface area contributed by atoms with Crippen LogP contribution in [-0.2, 0) is 5.54 Å². The van der Waals surface area contributed by atoms with Crippen LogP contribution in [0.25, 0.3) is 11.0 Å². The first-order valence-corrected chi connectivity index (χ1v) is 8.10. The van der Waals surface area contributed by atoms with Gasteiger partial charge < -0.3 is 4.90 Å². The highest BCUT2D eigenvalue weighted by molar-refractivity contribution is 5.86. The number of hydrogen-bond acceptors (Lipinski definition) is 5. The summed E-state index contributed by atoms with van der Waals surface area (Å²) < 4.78 is 1.97. The van der Waals surface area contributed by atoms with Crippen LogP contribution >= 0.6 is 0 Å². The van der Waals surface area contributed by atoms with E-state index in [1.807, 2.05) is 10.9 Å². The SMILES string of the molecule is C#CCCN1CCN(c2ncnc3c2cnn3C(C)(C)C)CC1. The maximum atomic E-state index is 5.35. The summed E-state index contributed by atoms with van der Waals surface area (Å²) in [5, 5.41) is 5.56. The van der Waals surface area contributed by atoms with Crippen LogP contribution in [0.4, 0.5) is 5.82 Å². The van der Waals surface area contributed by atoms with Crippen LogP contribution in [0.3, 0.4) is 0 Å². The number of hydrogen-bond donors (Lipinski definition) is 0. The highest BCUT2D eigenvalue weighted by atomic mass is 15.3. The van der Waals surface area contributed by atoms with E-state index in [9.17, 15) is 0 Å². The van der Waals surface area contributed by atoms with Crippen molar-refractivity contribution in [3.63, 3.8) is 0 Å². The maximum Gasteiger partial charge on any atom is 0.163 e. The smallest absolute Gasteiger partial charge is 0.163 e. The minimum atomic E-state index is -0.0959. The molecule has 0 N–H and O–H groups in total. The summed E-state index contributed by atoms with van der Waals surface area (Å²) >= 11 is 0. The van der Waals surface area contributed by atoms with E-state index in [-0.39, 0.29) is 5.54 Å². The van der Waals surface area contributed by atoms with Crippen LogP contribution in [0.1, 0.15) is 27.2 Å². The van der Waals surface area contributed by atoms with Gasteiger partial charge in [-0.05, 0) is 20.8 Å². The molecule has 2 aromatic rings. The molecule has 3 heterocycles. The van der Waals surface area contributed by atoms with Gasteiger partial charge in [-0.25, -0.2) is 14.6 Å². The number of terminal acetylenes is 1. The zero-order valence-corrected chi connectivity index (χ0v) is 14.2. The molecule has 122 valence electrons. The quantitative estimate of drug-likeness (QED) is 0.808. The number of rotatable bonds is 3. The van der Waals surface area contributed by atoms with Gasteiger partial charge in [-0.1, -0.05) is 0 Å². The van der Waals surface area contributed by atoms with Gasteiger partial charge in [0.25, 0.3) is 0 Å². The van der Waals surface area contributed by atoms with Crippen LogP contribution in [0.5, 0.6) is 0 Å². The monoisotopic (exact) mass is 312 g/mol. The Morgan fingerprint density at radius 2 is 1.91 bits per heavy atom. The van der Waals surface area contributed by atoms with Crippen molar-refractivity contribution in [2.24, 2.45) is 0 Å². The van der Waals surface area contributed by atoms with Gasteiger partial charge in [0.2, 0.25) is 0 Å². The van der Waals surface area contributed by atoms with E-state index < -0.39 is 0 Å². The number of fused-ring (bicyclic) bond motifs is 1. The van der Waals surface area contributed by atoms with Crippen molar-refractivity contribution in [3.8, 4) is 12.3 Å². The van der Waals surface area contributed by atoms with Crippen molar-refractivity contribution < 1.29 is 0 Å². The summed E-state index contributed by atoms with van der Waals surface area (Å²) in [4.78, 5) is 13.7. The fraction of sp³-hybridized carbons (Fsp3) is 0.588. The topological polar surface area (TPSA) is 50.1 Å². The Labute approximate surface area is 137 Å². The van der Waals surface area contributed by atoms with Crippen molar-refractivity contribution in [1.29, 1.82) is 0 Å². The standard InChI is InChI=1S/C17H24N6/c1-5-6-7-21-8-10-22(11-9-21)15-14-12-20-23(17(2,3)4)16(14)19-13-18-15/h1,12-13H,6-11H2,2-4H3. The molecule has 1 saturated heterocycles. The molecule has 0 aromatic carbocycles. The molecule has 1 fully saturated rings. The lowest BCUT2D eigenvalue weighted by molar-refractivity contribution is 0.263. The summed E-state index contributed by atoms with van der Waals surface area (Å²) in [6, 6.07) is 0. The first kappa shape index (κ1) is 15.8. The number of nitrogens with zero attached hydrogens (tertiary/aromatic N) is 6. The minimum Gasteiger partial charge on any atom is -0.353 e. The van der Waals surface area contributed by atoms with Crippen LogP contribution in [0, 0.1) is 12.3 Å². The lowest BCUT2D eigenvalue weighted by Gasteiger charge is -2.35. The molecule has 3 rings (SSSR count). The second-order valence-electron chi connectivity index (χ2n) is 6.94. The molecule has 2 aromatic heterocycles. The Hall–Kier alpha value is -2.13. The van der Waals surface area contributed by atoms with Crippen molar-refractivity contribution in [3.05, 3.63) is 12.5 Å². The number of aromatic nitrogens is 4. The fourth-order valence-corrected chi connectivity index (χ4v) is 2.98. The third kappa shape index (κ3) is 3.15. The molecule has 0 bridgehead atoms. The third-order valence-corrected chi connectivity index (χ3v) is 4.22. The van der Waals surface area contributed by atoms with Gasteiger partial charge in [-0.2, -0.15) is 5.10 Å². The van der Waals surface area contributed by atoms with Crippen molar-refractivity contribution in [1.82, 2.24) is 24.6 Å². The van der Waals surface area contributed by atoms with E-state index >= 15 is 0 Å². The van der Waals surface area contributed by atoms with Gasteiger partial charge in [0.1, 0.15) is 12.1 Å². The highest BCUT2D eigenvalue weighted by Gasteiger charge is 2.23. The average molecular weight is 312 g/mol. The average Bonchev–Trinajstić information content (AvgIpc) is 2.97. The number of anilines is 1. The van der Waals surface area contributed by atoms with Crippen LogP contribution in [-0.4, -0.2) is 57.4 Å². The molecule has 1 aliphatic heterocycles. The Morgan fingerprint density at radius 1 is 1.17 bits per heavy atom. The summed E-state index contributed by atoms with van der Waals surface area (Å²) in [5.41, 5.74) is 0.804. The van der Waals surface area contributed by atoms with Crippen molar-refractivity contribution in [2.45, 2.75) is 32.7 Å². The molecule has 6 heteroatoms. The first-order chi connectivity index (χ1) is 11.0. The molecular formula is C17H24N6. The highest BCUT2D eigenvalue weighted by Crippen LogP contribution is 2.26. The summed E-state index contributed by atoms with van der Waals surface area (Å²) in [7, 11) is 0. The lowest BCUT2D eigenvalue weighted by Crippen LogP contribution is -2.47. The Morgan fingerprint density at radius 3 is 2.57 bits per heavy atom. The number of piperazine rings is 1. The van der Waals surface area contributed by atoms with E-state index in [1.54, 1.807) is 6.33 Å². The lowest BCUT2D eigenvalue weighted by atomic mass is 10.1. The molecule has 0 radical (unpaired) electrons. The van der Waals surface area contributed by atoms with E-state index in [4.69, 9.17) is 6.42 Å². The minimum absolute atomic E-state index is 0.0959. The second kappa shape index (κ2) is 6.17. The molecule has 0 amide bonds. The van der Waals surface area contributed by atoms with Gasteiger partial charge in [-0.15, -0.1) is 12.3 Å². The summed E-state index contributed by atoms with van der Waals surface area (Å²) in [5.74, 6) is 3.70. The molecule has 0 spiro atoms. The molecule has 0 atom stereocenters. The summed E-state index contributed by atoms with van der Waals surface area (Å²) in [6.07, 6.45) is 9.70. The fourth-order valence-electron chi connectivity index (χ4n) is 2.98. The molecule has 0 saturated carbocycles. The normalized spacial score (nSPS) is 16.7. The predicted molar refractivity (Wildman–Crippen MR) is 92.4 cm³/mol. The van der Waals surface area contributed by atoms with E-state index in [0.717, 1.165) is 56.0 Å². The van der Waals surface area contributed by atoms with Gasteiger partial charge in [0.05, 0.1) is 17.1 Å². The van der Waals surface area contributed by atoms with E-state index in [0.29, 0.717) is 0 Å². The molecule has 23 heavy (non-hydrogen) atoms. The predicted octanol–water partition coefficient (Wildman–Crippen LogP) is 1.73. The largest absolute Gasteiger partial charge is 0.353 e. The third-order valence-electron chi connectivity index (χ3n) is 4.22. The molecule has 0 unspecified atom stereocenters. The maximum absolute atomic E-state index is 5.35. The molecule has 0 aliphatic carbocycles. The second-order valence-corrected chi connectivity index (χ2v) is 6.94. The van der Waals surface area contributed by atoms with Crippen LogP contribution in [0.2, 0.25) is 0 Å². The van der Waals surface area contributed by atoms with Gasteiger partial charge in [-0.3, -0.25) is 4.90 Å². The van der Waals surface area contributed by atoms with E-state index in [2.05, 4.69) is 51.6 Å². The molecule has 6 nitrogen and oxygen atoms in total. The first-order valence-electron chi connectivity index (χ1n) is 8.10. The Balaban J connectivity index is 1.82. The molecular weight excluding hydrogens is 288 g/mol.